The van der Waals surface area contributed by atoms with Crippen LogP contribution in [0, 0.1) is 5.92 Å². The second-order valence-corrected chi connectivity index (χ2v) is 9.88. The molecule has 0 radical (unpaired) electrons. The SMILES string of the molecule is CNC(=O)C(=O)CC[C@H](NC(=O)c1c[nH]c(C(N)=O)c1)C(=O)Nc1cccn(CC(=O)NC23CC(C2)C3)c1=O. The minimum atomic E-state index is -1.33. The van der Waals surface area contributed by atoms with Gasteiger partial charge >= 0.3 is 0 Å². The number of nitrogens with zero attached hydrogens (tertiary/aromatic N) is 1. The van der Waals surface area contributed by atoms with Gasteiger partial charge in [-0.1, -0.05) is 0 Å². The summed E-state index contributed by atoms with van der Waals surface area (Å²) >= 11 is 0. The molecule has 3 saturated carbocycles. The highest BCUT2D eigenvalue weighted by Crippen LogP contribution is 2.56. The summed E-state index contributed by atoms with van der Waals surface area (Å²) in [5, 5.41) is 10.0. The molecule has 2 heterocycles. The number of hydrogen-bond donors (Lipinski definition) is 6. The summed E-state index contributed by atoms with van der Waals surface area (Å²) in [6, 6.07) is 2.68. The van der Waals surface area contributed by atoms with Gasteiger partial charge in [-0.15, -0.1) is 0 Å². The highest BCUT2D eigenvalue weighted by atomic mass is 16.2. The Morgan fingerprint density at radius 3 is 2.49 bits per heavy atom. The number of Topliss-reactive ketones (excluding diaryl/α,β-unsaturated/α-hetero) is 1. The van der Waals surface area contributed by atoms with Gasteiger partial charge in [0.2, 0.25) is 17.6 Å². The van der Waals surface area contributed by atoms with E-state index in [-0.39, 0.29) is 47.8 Å². The van der Waals surface area contributed by atoms with Gasteiger partial charge < -0.3 is 36.6 Å². The topological polar surface area (TPSA) is 214 Å². The Kier molecular flexibility index (Phi) is 7.65. The normalized spacial score (nSPS) is 19.5. The molecular weight excluding hydrogens is 510 g/mol. The van der Waals surface area contributed by atoms with Crippen LogP contribution in [0.4, 0.5) is 5.69 Å². The van der Waals surface area contributed by atoms with Crippen molar-refractivity contribution in [1.82, 2.24) is 25.5 Å². The van der Waals surface area contributed by atoms with Gasteiger partial charge in [-0.2, -0.15) is 0 Å². The number of carbonyl (C=O) groups excluding carboxylic acids is 6. The van der Waals surface area contributed by atoms with Crippen LogP contribution in [0.25, 0.3) is 0 Å². The van der Waals surface area contributed by atoms with E-state index in [0.29, 0.717) is 5.92 Å². The van der Waals surface area contributed by atoms with Crippen LogP contribution in [-0.4, -0.2) is 63.5 Å². The molecule has 2 bridgehead atoms. The number of aromatic amines is 1. The number of amides is 5. The molecule has 0 aromatic carbocycles. The lowest BCUT2D eigenvalue weighted by Crippen LogP contribution is -2.68. The van der Waals surface area contributed by atoms with E-state index in [2.05, 4.69) is 26.3 Å². The maximum absolute atomic E-state index is 13.1. The third-order valence-corrected chi connectivity index (χ3v) is 7.01. The van der Waals surface area contributed by atoms with Gasteiger partial charge in [0.1, 0.15) is 24.0 Å². The van der Waals surface area contributed by atoms with E-state index in [4.69, 9.17) is 5.73 Å². The minimum Gasteiger partial charge on any atom is -0.364 e. The van der Waals surface area contributed by atoms with Crippen LogP contribution in [0.2, 0.25) is 0 Å². The van der Waals surface area contributed by atoms with Crippen molar-refractivity contribution in [2.45, 2.75) is 50.2 Å². The van der Waals surface area contributed by atoms with Crippen molar-refractivity contribution in [3.05, 3.63) is 52.2 Å². The Balaban J connectivity index is 1.45. The summed E-state index contributed by atoms with van der Waals surface area (Å²) in [6.45, 7) is -0.231. The third kappa shape index (κ3) is 6.05. The van der Waals surface area contributed by atoms with Gasteiger partial charge in [-0.3, -0.25) is 33.6 Å². The van der Waals surface area contributed by atoms with Crippen LogP contribution in [0.5, 0.6) is 0 Å². The average molecular weight is 540 g/mol. The number of rotatable bonds is 12. The molecule has 0 saturated heterocycles. The van der Waals surface area contributed by atoms with Crippen molar-refractivity contribution < 1.29 is 28.8 Å². The lowest BCUT2D eigenvalue weighted by Gasteiger charge is -2.61. The molecule has 206 valence electrons. The molecule has 0 aliphatic heterocycles. The van der Waals surface area contributed by atoms with Crippen molar-refractivity contribution in [1.29, 1.82) is 0 Å². The first-order valence-electron chi connectivity index (χ1n) is 12.4. The molecule has 5 amide bonds. The molecule has 3 aliphatic carbocycles. The fourth-order valence-corrected chi connectivity index (χ4v) is 4.80. The van der Waals surface area contributed by atoms with Crippen LogP contribution in [-0.2, 0) is 25.7 Å². The number of hydrogen-bond acceptors (Lipinski definition) is 7. The fourth-order valence-electron chi connectivity index (χ4n) is 4.80. The van der Waals surface area contributed by atoms with E-state index in [9.17, 15) is 33.6 Å². The van der Waals surface area contributed by atoms with Gasteiger partial charge in [0.25, 0.3) is 23.3 Å². The predicted molar refractivity (Wildman–Crippen MR) is 136 cm³/mol. The predicted octanol–water partition coefficient (Wildman–Crippen LogP) is -1.22. The number of pyridine rings is 1. The number of carbonyl (C=O) groups is 6. The molecule has 7 N–H and O–H groups in total. The number of H-pyrrole nitrogens is 1. The number of ketones is 1. The molecule has 3 fully saturated rings. The van der Waals surface area contributed by atoms with Crippen molar-refractivity contribution in [2.75, 3.05) is 12.4 Å². The average Bonchev–Trinajstić information content (AvgIpc) is 3.36. The Morgan fingerprint density at radius 1 is 1.18 bits per heavy atom. The maximum Gasteiger partial charge on any atom is 0.287 e. The summed E-state index contributed by atoms with van der Waals surface area (Å²) in [7, 11) is 1.28. The zero-order valence-electron chi connectivity index (χ0n) is 21.2. The zero-order chi connectivity index (χ0) is 28.3. The summed E-state index contributed by atoms with van der Waals surface area (Å²) in [4.78, 5) is 88.8. The molecule has 3 aliphatic rings. The second-order valence-electron chi connectivity index (χ2n) is 9.88. The lowest BCUT2D eigenvalue weighted by atomic mass is 9.50. The van der Waals surface area contributed by atoms with Crippen molar-refractivity contribution >= 4 is 41.0 Å². The smallest absolute Gasteiger partial charge is 0.287 e. The Bertz CT molecular complexity index is 1390. The molecule has 14 nitrogen and oxygen atoms in total. The van der Waals surface area contributed by atoms with Gasteiger partial charge in [-0.25, -0.2) is 0 Å². The van der Waals surface area contributed by atoms with Crippen LogP contribution < -0.4 is 32.6 Å². The van der Waals surface area contributed by atoms with Crippen LogP contribution in [0.1, 0.15) is 53.0 Å². The number of primary amides is 1. The number of nitrogens with one attached hydrogen (secondary N) is 5. The van der Waals surface area contributed by atoms with Gasteiger partial charge in [0.15, 0.2) is 0 Å². The quantitative estimate of drug-likeness (QED) is 0.181. The first-order valence-corrected chi connectivity index (χ1v) is 12.4. The van der Waals surface area contributed by atoms with E-state index in [0.717, 1.165) is 23.8 Å². The van der Waals surface area contributed by atoms with Crippen molar-refractivity contribution in [3.63, 3.8) is 0 Å². The Morgan fingerprint density at radius 2 is 1.90 bits per heavy atom. The Labute approximate surface area is 222 Å². The summed E-state index contributed by atoms with van der Waals surface area (Å²) < 4.78 is 1.16. The minimum absolute atomic E-state index is 0.00368. The fraction of sp³-hybridized carbons (Fsp3) is 0.400. The first-order chi connectivity index (χ1) is 18.5. The molecule has 2 aromatic rings. The molecule has 39 heavy (non-hydrogen) atoms. The molecular formula is C25H29N7O7. The summed E-state index contributed by atoms with van der Waals surface area (Å²) in [6.07, 6.45) is 4.85. The van der Waals surface area contributed by atoms with Gasteiger partial charge in [0.05, 0.1) is 5.56 Å². The Hall–Kier alpha value is -4.75. The van der Waals surface area contributed by atoms with Gasteiger partial charge in [0, 0.05) is 31.4 Å². The summed E-state index contributed by atoms with van der Waals surface area (Å²) in [5.41, 5.74) is 4.23. The maximum atomic E-state index is 13.1. The monoisotopic (exact) mass is 539 g/mol. The largest absolute Gasteiger partial charge is 0.364 e. The first kappa shape index (κ1) is 27.3. The molecule has 5 rings (SSSR count). The van der Waals surface area contributed by atoms with Crippen LogP contribution >= 0.6 is 0 Å². The molecule has 0 unspecified atom stereocenters. The van der Waals surface area contributed by atoms with Gasteiger partial charge in [-0.05, 0) is 49.8 Å². The van der Waals surface area contributed by atoms with Crippen molar-refractivity contribution in [3.8, 4) is 0 Å². The number of likely N-dealkylation sites (N-methyl/N-ethyl adjacent to an activating group) is 1. The molecule has 0 spiro atoms. The molecule has 14 heteroatoms. The van der Waals surface area contributed by atoms with E-state index in [1.165, 1.54) is 37.6 Å². The van der Waals surface area contributed by atoms with E-state index in [1.807, 2.05) is 0 Å². The number of anilines is 1. The summed E-state index contributed by atoms with van der Waals surface area (Å²) in [5.74, 6) is -3.68. The van der Waals surface area contributed by atoms with Crippen LogP contribution in [0.15, 0.2) is 35.4 Å². The van der Waals surface area contributed by atoms with E-state index in [1.54, 1.807) is 0 Å². The van der Waals surface area contributed by atoms with E-state index < -0.39 is 41.0 Å². The highest BCUT2D eigenvalue weighted by molar-refractivity contribution is 6.36. The van der Waals surface area contributed by atoms with Crippen molar-refractivity contribution in [2.24, 2.45) is 11.7 Å². The standard InChI is InChI=1S/C25H29N7O7/c1-27-23(38)18(33)5-4-15(29-21(36)14-7-17(20(26)35)28-11-14)22(37)30-16-3-2-6-32(24(16)39)12-19(34)31-25-8-13(9-25)10-25/h2-3,6-7,11,13,15,28H,4-5,8-10,12H2,1H3,(H2,26,35)(H,27,38)(H,29,36)(H,30,37)(H,31,34)/t13?,15-,25?/m0/s1. The number of nitrogens with two attached hydrogens (primary N) is 1. The second kappa shape index (κ2) is 10.9. The third-order valence-electron chi connectivity index (χ3n) is 7.01. The molecule has 2 aromatic heterocycles. The highest BCUT2D eigenvalue weighted by Gasteiger charge is 2.57. The lowest BCUT2D eigenvalue weighted by molar-refractivity contribution is -0.137. The zero-order valence-corrected chi connectivity index (χ0v) is 21.2. The molecule has 1 atom stereocenters. The number of aromatic nitrogens is 2. The van der Waals surface area contributed by atoms with Crippen LogP contribution in [0.3, 0.4) is 0 Å². The van der Waals surface area contributed by atoms with E-state index >= 15 is 0 Å².